The Bertz CT molecular complexity index is 565. The van der Waals surface area contributed by atoms with Crippen LogP contribution in [0.5, 0.6) is 0 Å². The third-order valence-electron chi connectivity index (χ3n) is 3.02. The molecule has 0 aliphatic carbocycles. The number of rotatable bonds is 4. The van der Waals surface area contributed by atoms with Gasteiger partial charge in [-0.25, -0.2) is 15.2 Å². The molecule has 0 spiro atoms. The highest BCUT2D eigenvalue weighted by Crippen LogP contribution is 2.70. The predicted molar refractivity (Wildman–Crippen MR) is 67.0 cm³/mol. The van der Waals surface area contributed by atoms with E-state index in [2.05, 4.69) is 5.10 Å². The molecule has 0 fully saturated rings. The Kier molecular flexibility index (Phi) is 4.14. The minimum absolute atomic E-state index is 0.159. The van der Waals surface area contributed by atoms with Crippen LogP contribution in [0, 0.1) is 0 Å². The van der Waals surface area contributed by atoms with Crippen molar-refractivity contribution in [3.8, 4) is 0 Å². The van der Waals surface area contributed by atoms with E-state index in [1.807, 2.05) is 0 Å². The first-order chi connectivity index (χ1) is 9.58. The lowest BCUT2D eigenvalue weighted by Crippen LogP contribution is -2.58. The summed E-state index contributed by atoms with van der Waals surface area (Å²) in [7, 11) is -11.2. The molecule has 1 atom stereocenters. The third kappa shape index (κ3) is 2.83. The topological polar surface area (TPSA) is 174 Å². The van der Waals surface area contributed by atoms with E-state index in [1.165, 1.54) is 12.1 Å². The van der Waals surface area contributed by atoms with Crippen molar-refractivity contribution in [1.29, 1.82) is 0 Å². The van der Waals surface area contributed by atoms with Gasteiger partial charge >= 0.3 is 0 Å². The number of carbonyl (C=O) groups is 1. The summed E-state index contributed by atoms with van der Waals surface area (Å²) in [6.07, 6.45) is -0.991. The van der Waals surface area contributed by atoms with E-state index >= 15 is 0 Å². The molecule has 0 amide bonds. The first kappa shape index (κ1) is 16.4. The molecule has 0 saturated heterocycles. The lowest BCUT2D eigenvalue weighted by atomic mass is 10.1. The van der Waals surface area contributed by atoms with Crippen molar-refractivity contribution >= 4 is 27.4 Å². The van der Waals surface area contributed by atoms with Crippen LogP contribution in [0.2, 0.25) is 0 Å². The zero-order valence-corrected chi connectivity index (χ0v) is 12.2. The van der Waals surface area contributed by atoms with Gasteiger partial charge in [-0.3, -0.25) is 4.79 Å². The van der Waals surface area contributed by atoms with Gasteiger partial charge in [0.1, 0.15) is 5.71 Å². The average molecular weight is 332 g/mol. The molecule has 1 aliphatic heterocycles. The first-order valence-corrected chi connectivity index (χ1v) is 8.75. The molecule has 114 valence electrons. The molecule has 2 rings (SSSR count). The Morgan fingerprint density at radius 3 is 2.19 bits per heavy atom. The van der Waals surface area contributed by atoms with E-state index in [4.69, 9.17) is 9.79 Å². The summed E-state index contributed by atoms with van der Waals surface area (Å²) >= 11 is 0. The Morgan fingerprint density at radius 2 is 1.76 bits per heavy atom. The van der Waals surface area contributed by atoms with Gasteiger partial charge in [0, 0.05) is 5.56 Å². The standard InChI is InChI=1S/C10H12N2O7P2/c13-9(7-4-2-1-3-5-7)8-6-10(12-11-8,20(14,15)16)21(17,18)19/h1-5,12H,6H2,(H2,14,15,16)(H2,17,18,19)/p-2. The molecular weight excluding hydrogens is 322 g/mol. The summed E-state index contributed by atoms with van der Waals surface area (Å²) in [6.45, 7) is 0. The van der Waals surface area contributed by atoms with Crippen molar-refractivity contribution in [3.63, 3.8) is 0 Å². The molecule has 0 saturated carbocycles. The summed E-state index contributed by atoms with van der Waals surface area (Å²) < 4.78 is 0. The normalized spacial score (nSPS) is 22.7. The summed E-state index contributed by atoms with van der Waals surface area (Å²) in [5.74, 6) is -0.716. The molecular formula is C10H10N2O7P2-2. The average Bonchev–Trinajstić information content (AvgIpc) is 2.84. The van der Waals surface area contributed by atoms with Crippen LogP contribution in [-0.2, 0) is 0 Å². The first-order valence-electron chi connectivity index (χ1n) is 5.60. The fourth-order valence-corrected chi connectivity index (χ4v) is 4.17. The summed E-state index contributed by atoms with van der Waals surface area (Å²) in [4.78, 5) is 75.5. The lowest BCUT2D eigenvalue weighted by Gasteiger charge is -2.53. The van der Waals surface area contributed by atoms with Crippen molar-refractivity contribution in [3.05, 3.63) is 35.9 Å². The second-order valence-corrected chi connectivity index (χ2v) is 8.36. The Hall–Kier alpha value is -1.02. The Labute approximate surface area is 120 Å². The maximum atomic E-state index is 12.1. The van der Waals surface area contributed by atoms with Gasteiger partial charge in [0.15, 0.2) is 0 Å². The summed E-state index contributed by atoms with van der Waals surface area (Å²) in [6, 6.07) is 7.61. The number of hydrazone groups is 1. The fraction of sp³-hybridized carbons (Fsp3) is 0.200. The van der Waals surface area contributed by atoms with Crippen LogP contribution < -0.4 is 25.0 Å². The monoisotopic (exact) mass is 332 g/mol. The lowest BCUT2D eigenvalue weighted by molar-refractivity contribution is -0.434. The minimum atomic E-state index is -5.78. The predicted octanol–water partition coefficient (Wildman–Crippen LogP) is -3.18. The highest BCUT2D eigenvalue weighted by molar-refractivity contribution is 7.76. The van der Waals surface area contributed by atoms with Gasteiger partial charge in [0.25, 0.3) is 13.0 Å². The third-order valence-corrected chi connectivity index (χ3v) is 6.92. The van der Waals surface area contributed by atoms with E-state index in [1.54, 1.807) is 23.6 Å². The quantitative estimate of drug-likeness (QED) is 0.382. The van der Waals surface area contributed by atoms with Crippen LogP contribution >= 0.6 is 15.9 Å². The van der Waals surface area contributed by atoms with Crippen molar-refractivity contribution in [1.82, 2.24) is 5.43 Å². The summed E-state index contributed by atoms with van der Waals surface area (Å²) in [5.41, 5.74) is 1.39. The van der Waals surface area contributed by atoms with Crippen molar-refractivity contribution in [2.45, 2.75) is 11.4 Å². The van der Waals surface area contributed by atoms with Crippen LogP contribution in [0.4, 0.5) is 0 Å². The number of benzene rings is 1. The number of carbonyl (C=O) groups excluding carboxylic acids is 1. The van der Waals surface area contributed by atoms with Gasteiger partial charge in [-0.05, 0) is 0 Å². The Balaban J connectivity index is 2.31. The van der Waals surface area contributed by atoms with Crippen molar-refractivity contribution < 1.29 is 34.2 Å². The molecule has 0 aromatic heterocycles. The van der Waals surface area contributed by atoms with Crippen LogP contribution in [0.1, 0.15) is 16.8 Å². The van der Waals surface area contributed by atoms with Crippen molar-refractivity contribution in [2.75, 3.05) is 0 Å². The number of hydrogen-bond donors (Lipinski definition) is 3. The molecule has 21 heavy (non-hydrogen) atoms. The molecule has 1 aliphatic rings. The fourth-order valence-electron chi connectivity index (χ4n) is 1.84. The maximum absolute atomic E-state index is 12.1. The zero-order valence-electron chi connectivity index (χ0n) is 10.4. The van der Waals surface area contributed by atoms with Gasteiger partial charge < -0.3 is 19.6 Å². The van der Waals surface area contributed by atoms with Crippen molar-refractivity contribution in [2.24, 2.45) is 5.10 Å². The number of ketones is 1. The second-order valence-electron chi connectivity index (χ2n) is 4.40. The van der Waals surface area contributed by atoms with Gasteiger partial charge in [-0.2, -0.15) is 5.10 Å². The van der Waals surface area contributed by atoms with Gasteiger partial charge in [-0.1, -0.05) is 38.3 Å². The second kappa shape index (κ2) is 5.31. The van der Waals surface area contributed by atoms with Crippen LogP contribution in [0.25, 0.3) is 0 Å². The maximum Gasteiger partial charge on any atom is 0.298 e. The number of nitrogens with zero attached hydrogens (tertiary/aromatic N) is 1. The SMILES string of the molecule is O=C(C1=NNC([P+]([O-])([O-])[O-])([P+]([O-])(O)O)C1)c1ccccc1. The van der Waals surface area contributed by atoms with Crippen LogP contribution in [0.3, 0.4) is 0 Å². The van der Waals surface area contributed by atoms with E-state index in [0.29, 0.717) is 0 Å². The highest BCUT2D eigenvalue weighted by atomic mass is 31.3. The molecule has 9 nitrogen and oxygen atoms in total. The Morgan fingerprint density at radius 1 is 1.19 bits per heavy atom. The largest absolute Gasteiger partial charge is 0.683 e. The molecule has 1 aromatic rings. The number of Topliss-reactive ketones (excluding diaryl/α,β-unsaturated/α-hetero) is 1. The zero-order chi connectivity index (χ0) is 15.9. The van der Waals surface area contributed by atoms with E-state index in [-0.39, 0.29) is 5.56 Å². The highest BCUT2D eigenvalue weighted by Gasteiger charge is 2.62. The molecule has 1 heterocycles. The number of hydrogen-bond acceptors (Lipinski definition) is 9. The smallest absolute Gasteiger partial charge is 0.298 e. The van der Waals surface area contributed by atoms with Gasteiger partial charge in [-0.15, -0.1) is 0 Å². The van der Waals surface area contributed by atoms with Gasteiger partial charge in [0.05, 0.1) is 6.42 Å². The summed E-state index contributed by atoms with van der Waals surface area (Å²) in [5, 5.41) is 0.240. The number of nitrogens with one attached hydrogen (secondary N) is 1. The molecule has 1 aromatic carbocycles. The molecule has 0 radical (unpaired) electrons. The minimum Gasteiger partial charge on any atom is -0.683 e. The van der Waals surface area contributed by atoms with E-state index < -0.39 is 38.8 Å². The molecule has 3 N–H and O–H groups in total. The molecule has 0 bridgehead atoms. The van der Waals surface area contributed by atoms with E-state index in [0.717, 1.165) is 0 Å². The molecule has 11 heteroatoms. The van der Waals surface area contributed by atoms with Gasteiger partial charge in [0.2, 0.25) is 5.78 Å². The van der Waals surface area contributed by atoms with E-state index in [9.17, 15) is 24.4 Å². The van der Waals surface area contributed by atoms with Crippen LogP contribution in [0.15, 0.2) is 35.4 Å². The molecule has 1 unspecified atom stereocenters. The van der Waals surface area contributed by atoms with Crippen LogP contribution in [-0.4, -0.2) is 26.3 Å².